The van der Waals surface area contributed by atoms with Gasteiger partial charge in [0.1, 0.15) is 16.6 Å². The van der Waals surface area contributed by atoms with Crippen LogP contribution in [0.1, 0.15) is 5.76 Å². The minimum absolute atomic E-state index is 0.0930. The van der Waals surface area contributed by atoms with Gasteiger partial charge >= 0.3 is 6.18 Å². The molecule has 0 radical (unpaired) electrons. The third-order valence-electron chi connectivity index (χ3n) is 2.38. The van der Waals surface area contributed by atoms with Gasteiger partial charge in [0.05, 0.1) is 18.6 Å². The Labute approximate surface area is 127 Å². The minimum Gasteiger partial charge on any atom is -0.467 e. The fourth-order valence-corrected chi connectivity index (χ4v) is 3.08. The molecule has 0 fully saturated rings. The van der Waals surface area contributed by atoms with Crippen molar-refractivity contribution in [3.8, 4) is 0 Å². The highest BCUT2D eigenvalue weighted by Crippen LogP contribution is 2.23. The highest BCUT2D eigenvalue weighted by molar-refractivity contribution is 8.01. The van der Waals surface area contributed by atoms with Gasteiger partial charge in [-0.25, -0.2) is 4.98 Å². The zero-order chi connectivity index (χ0) is 15.3. The summed E-state index contributed by atoms with van der Waals surface area (Å²) in [4.78, 5) is 16.7. The van der Waals surface area contributed by atoms with E-state index in [1.54, 1.807) is 17.6 Å². The summed E-state index contributed by atoms with van der Waals surface area (Å²) in [5.74, 6) is -0.389. The van der Waals surface area contributed by atoms with E-state index in [9.17, 15) is 18.0 Å². The van der Waals surface area contributed by atoms with Crippen molar-refractivity contribution in [3.63, 3.8) is 0 Å². The number of furan rings is 1. The Balaban J connectivity index is 1.97. The minimum atomic E-state index is -4.45. The van der Waals surface area contributed by atoms with E-state index in [1.165, 1.54) is 23.7 Å². The molecule has 2 aromatic rings. The average Bonchev–Trinajstić information content (AvgIpc) is 3.06. The summed E-state index contributed by atoms with van der Waals surface area (Å²) in [6.07, 6.45) is -1.52. The molecule has 0 aliphatic rings. The lowest BCUT2D eigenvalue weighted by atomic mass is 10.3. The smallest absolute Gasteiger partial charge is 0.406 e. The largest absolute Gasteiger partial charge is 0.467 e. The first-order chi connectivity index (χ1) is 9.94. The molecule has 0 unspecified atom stereocenters. The van der Waals surface area contributed by atoms with Gasteiger partial charge in [-0.2, -0.15) is 13.2 Å². The zero-order valence-electron chi connectivity index (χ0n) is 10.7. The van der Waals surface area contributed by atoms with Gasteiger partial charge in [0, 0.05) is 11.6 Å². The summed E-state index contributed by atoms with van der Waals surface area (Å²) in [7, 11) is 0. The Kier molecular flexibility index (Phi) is 5.29. The molecule has 2 heterocycles. The lowest BCUT2D eigenvalue weighted by Crippen LogP contribution is -2.39. The van der Waals surface area contributed by atoms with Crippen LogP contribution in [0, 0.1) is 0 Å². The van der Waals surface area contributed by atoms with Gasteiger partial charge in [-0.05, 0) is 12.1 Å². The second kappa shape index (κ2) is 6.99. The van der Waals surface area contributed by atoms with E-state index in [0.29, 0.717) is 10.1 Å². The van der Waals surface area contributed by atoms with E-state index in [1.807, 2.05) is 0 Å². The maximum Gasteiger partial charge on any atom is 0.406 e. The fourth-order valence-electron chi connectivity index (χ4n) is 1.54. The molecule has 0 saturated heterocycles. The molecule has 0 N–H and O–H groups in total. The average molecular weight is 336 g/mol. The van der Waals surface area contributed by atoms with Crippen LogP contribution in [0.15, 0.2) is 38.7 Å². The topological polar surface area (TPSA) is 46.3 Å². The number of aromatic nitrogens is 1. The van der Waals surface area contributed by atoms with Gasteiger partial charge in [0.15, 0.2) is 0 Å². The molecule has 0 aliphatic heterocycles. The number of nitrogens with zero attached hydrogens (tertiary/aromatic N) is 2. The van der Waals surface area contributed by atoms with Crippen LogP contribution in [-0.4, -0.2) is 34.3 Å². The third kappa shape index (κ3) is 5.43. The number of halogens is 3. The first-order valence-electron chi connectivity index (χ1n) is 5.83. The normalized spacial score (nSPS) is 11.6. The van der Waals surface area contributed by atoms with Crippen LogP contribution < -0.4 is 0 Å². The molecule has 0 atom stereocenters. The summed E-state index contributed by atoms with van der Waals surface area (Å²) in [6.45, 7) is -1.51. The summed E-state index contributed by atoms with van der Waals surface area (Å²) in [6, 6.07) is 3.10. The Morgan fingerprint density at radius 2 is 2.29 bits per heavy atom. The number of carbonyl (C=O) groups is 1. The quantitative estimate of drug-likeness (QED) is 0.759. The maximum atomic E-state index is 12.6. The molecule has 4 nitrogen and oxygen atoms in total. The number of hydrogen-bond acceptors (Lipinski definition) is 5. The molecule has 1 amide bonds. The molecule has 0 aliphatic carbocycles. The molecule has 2 aromatic heterocycles. The lowest BCUT2D eigenvalue weighted by molar-refractivity contribution is -0.161. The number of hydrogen-bond donors (Lipinski definition) is 0. The fraction of sp³-hybridized carbons (Fsp3) is 0.333. The summed E-state index contributed by atoms with van der Waals surface area (Å²) >= 11 is 2.46. The van der Waals surface area contributed by atoms with Gasteiger partial charge in [-0.3, -0.25) is 4.79 Å². The Morgan fingerprint density at radius 1 is 1.48 bits per heavy atom. The SMILES string of the molecule is O=C(CSc1nccs1)N(Cc1ccco1)CC(F)(F)F. The van der Waals surface area contributed by atoms with Crippen molar-refractivity contribution in [2.75, 3.05) is 12.3 Å². The Bertz CT molecular complexity index is 556. The van der Waals surface area contributed by atoms with Crippen molar-refractivity contribution >= 4 is 29.0 Å². The predicted molar refractivity (Wildman–Crippen MR) is 73.0 cm³/mol. The van der Waals surface area contributed by atoms with E-state index in [4.69, 9.17) is 4.42 Å². The zero-order valence-corrected chi connectivity index (χ0v) is 12.3. The number of thiazole rings is 1. The maximum absolute atomic E-state index is 12.6. The van der Waals surface area contributed by atoms with Gasteiger partial charge in [-0.1, -0.05) is 11.8 Å². The molecule has 21 heavy (non-hydrogen) atoms. The van der Waals surface area contributed by atoms with Crippen LogP contribution in [0.3, 0.4) is 0 Å². The van der Waals surface area contributed by atoms with Crippen molar-refractivity contribution in [2.24, 2.45) is 0 Å². The number of rotatable bonds is 6. The van der Waals surface area contributed by atoms with E-state index < -0.39 is 18.6 Å². The van der Waals surface area contributed by atoms with Crippen LogP contribution in [0.4, 0.5) is 13.2 Å². The highest BCUT2D eigenvalue weighted by Gasteiger charge is 2.33. The monoisotopic (exact) mass is 336 g/mol. The van der Waals surface area contributed by atoms with Crippen molar-refractivity contribution in [2.45, 2.75) is 17.1 Å². The Hall–Kier alpha value is -1.48. The molecule has 0 bridgehead atoms. The van der Waals surface area contributed by atoms with E-state index >= 15 is 0 Å². The summed E-state index contributed by atoms with van der Waals surface area (Å²) in [5, 5.41) is 1.74. The van der Waals surface area contributed by atoms with Crippen molar-refractivity contribution in [3.05, 3.63) is 35.7 Å². The van der Waals surface area contributed by atoms with E-state index in [-0.39, 0.29) is 12.3 Å². The van der Waals surface area contributed by atoms with Gasteiger partial charge in [-0.15, -0.1) is 11.3 Å². The van der Waals surface area contributed by atoms with Crippen LogP contribution in [0.2, 0.25) is 0 Å². The molecule has 114 valence electrons. The van der Waals surface area contributed by atoms with Crippen molar-refractivity contribution in [1.29, 1.82) is 0 Å². The highest BCUT2D eigenvalue weighted by atomic mass is 32.2. The lowest BCUT2D eigenvalue weighted by Gasteiger charge is -2.22. The molecular weight excluding hydrogens is 325 g/mol. The van der Waals surface area contributed by atoms with Gasteiger partial charge in [0.2, 0.25) is 5.91 Å². The summed E-state index contributed by atoms with van der Waals surface area (Å²) in [5.41, 5.74) is 0. The number of alkyl halides is 3. The second-order valence-corrected chi connectivity index (χ2v) is 6.15. The molecular formula is C12H11F3N2O2S2. The van der Waals surface area contributed by atoms with E-state index in [2.05, 4.69) is 4.98 Å². The number of carbonyl (C=O) groups excluding carboxylic acids is 1. The number of amides is 1. The molecule has 9 heteroatoms. The second-order valence-electron chi connectivity index (χ2n) is 4.03. The first kappa shape index (κ1) is 15.9. The molecule has 0 aromatic carbocycles. The van der Waals surface area contributed by atoms with Crippen LogP contribution in [0.5, 0.6) is 0 Å². The molecule has 0 spiro atoms. The summed E-state index contributed by atoms with van der Waals surface area (Å²) < 4.78 is 43.3. The first-order valence-corrected chi connectivity index (χ1v) is 7.70. The van der Waals surface area contributed by atoms with E-state index in [0.717, 1.165) is 16.7 Å². The van der Waals surface area contributed by atoms with Crippen LogP contribution in [0.25, 0.3) is 0 Å². The Morgan fingerprint density at radius 3 is 2.86 bits per heavy atom. The van der Waals surface area contributed by atoms with Gasteiger partial charge < -0.3 is 9.32 Å². The molecule has 2 rings (SSSR count). The van der Waals surface area contributed by atoms with Crippen molar-refractivity contribution in [1.82, 2.24) is 9.88 Å². The van der Waals surface area contributed by atoms with Crippen molar-refractivity contribution < 1.29 is 22.4 Å². The standard InChI is InChI=1S/C12H11F3N2O2S2/c13-12(14,15)8-17(6-9-2-1-4-19-9)10(18)7-21-11-16-3-5-20-11/h1-5H,6-8H2. The third-order valence-corrected chi connectivity index (χ3v) is 4.33. The van der Waals surface area contributed by atoms with Crippen LogP contribution >= 0.6 is 23.1 Å². The van der Waals surface area contributed by atoms with Crippen LogP contribution in [-0.2, 0) is 11.3 Å². The predicted octanol–water partition coefficient (Wildman–Crippen LogP) is 3.42. The van der Waals surface area contributed by atoms with Gasteiger partial charge in [0.25, 0.3) is 0 Å². The molecule has 0 saturated carbocycles. The number of thioether (sulfide) groups is 1.